The minimum Gasteiger partial charge on any atom is -0.497 e. The lowest BCUT2D eigenvalue weighted by atomic mass is 10.1. The number of carbonyl (C=O) groups is 3. The number of thiazole rings is 1. The Morgan fingerprint density at radius 1 is 0.714 bits per heavy atom. The summed E-state index contributed by atoms with van der Waals surface area (Å²) in [4.78, 5) is 46.6. The number of nitrogens with one attached hydrogen (secondary N) is 3. The fraction of sp³-hybridized carbons (Fsp3) is 0.116. The number of benzene rings is 5. The number of methoxy groups -OCH3 is 4. The van der Waals surface area contributed by atoms with Crippen molar-refractivity contribution in [2.45, 2.75) is 10.1 Å². The van der Waals surface area contributed by atoms with E-state index < -0.39 is 17.1 Å². The van der Waals surface area contributed by atoms with E-state index in [1.54, 1.807) is 67.8 Å². The van der Waals surface area contributed by atoms with Crippen LogP contribution in [0.4, 0.5) is 10.8 Å². The van der Waals surface area contributed by atoms with Crippen molar-refractivity contribution >= 4 is 57.7 Å². The lowest BCUT2D eigenvalue weighted by molar-refractivity contribution is -0.116. The van der Waals surface area contributed by atoms with Crippen LogP contribution in [0.2, 0.25) is 0 Å². The van der Waals surface area contributed by atoms with Crippen LogP contribution in [0.25, 0.3) is 17.3 Å². The third-order valence-corrected chi connectivity index (χ3v) is 10.4. The number of hydrogen-bond acceptors (Lipinski definition) is 10. The second kappa shape index (κ2) is 18.7. The summed E-state index contributed by atoms with van der Waals surface area (Å²) in [7, 11) is 6.11. The van der Waals surface area contributed by atoms with Crippen LogP contribution in [0.15, 0.2) is 137 Å². The van der Waals surface area contributed by atoms with Gasteiger partial charge in [-0.2, -0.15) is 0 Å². The van der Waals surface area contributed by atoms with Gasteiger partial charge in [0.05, 0.1) is 34.1 Å². The molecular formula is C43H38N4O7S2. The molecule has 6 rings (SSSR count). The summed E-state index contributed by atoms with van der Waals surface area (Å²) in [5.74, 6) is 0.631. The maximum atomic E-state index is 14.0. The molecule has 3 amide bonds. The van der Waals surface area contributed by atoms with Gasteiger partial charge in [0.1, 0.15) is 22.4 Å². The Morgan fingerprint density at radius 2 is 1.39 bits per heavy atom. The normalized spacial score (nSPS) is 11.5. The van der Waals surface area contributed by atoms with E-state index in [4.69, 9.17) is 18.9 Å². The molecule has 1 unspecified atom stereocenters. The van der Waals surface area contributed by atoms with Crippen molar-refractivity contribution in [3.63, 3.8) is 0 Å². The van der Waals surface area contributed by atoms with Crippen LogP contribution in [0.1, 0.15) is 26.7 Å². The highest BCUT2D eigenvalue weighted by atomic mass is 32.2. The van der Waals surface area contributed by atoms with Crippen molar-refractivity contribution in [1.29, 1.82) is 0 Å². The fourth-order valence-corrected chi connectivity index (χ4v) is 7.35. The van der Waals surface area contributed by atoms with E-state index in [0.29, 0.717) is 44.1 Å². The zero-order chi connectivity index (χ0) is 39.4. The lowest BCUT2D eigenvalue weighted by Crippen LogP contribution is -2.30. The van der Waals surface area contributed by atoms with Gasteiger partial charge in [0.25, 0.3) is 11.8 Å². The summed E-state index contributed by atoms with van der Waals surface area (Å²) in [6, 6.07) is 36.0. The number of ether oxygens (including phenoxy) is 4. The van der Waals surface area contributed by atoms with Gasteiger partial charge in [-0.1, -0.05) is 54.6 Å². The molecule has 284 valence electrons. The largest absolute Gasteiger partial charge is 0.497 e. The van der Waals surface area contributed by atoms with Crippen LogP contribution < -0.4 is 34.9 Å². The Morgan fingerprint density at radius 3 is 2.07 bits per heavy atom. The van der Waals surface area contributed by atoms with Gasteiger partial charge in [-0.25, -0.2) is 4.98 Å². The van der Waals surface area contributed by atoms with Gasteiger partial charge in [0.2, 0.25) is 5.91 Å². The molecule has 3 N–H and O–H groups in total. The first-order valence-electron chi connectivity index (χ1n) is 17.2. The Labute approximate surface area is 332 Å². The third-order valence-electron chi connectivity index (χ3n) is 8.37. The van der Waals surface area contributed by atoms with E-state index in [2.05, 4.69) is 20.9 Å². The molecule has 6 aromatic rings. The van der Waals surface area contributed by atoms with Crippen molar-refractivity contribution < 1.29 is 33.3 Å². The highest BCUT2D eigenvalue weighted by Gasteiger charge is 2.24. The van der Waals surface area contributed by atoms with E-state index in [1.807, 2.05) is 66.0 Å². The molecule has 1 aromatic heterocycles. The number of anilines is 2. The maximum Gasteiger partial charge on any atom is 0.272 e. The minimum absolute atomic E-state index is 0.0542. The van der Waals surface area contributed by atoms with Crippen LogP contribution in [0.3, 0.4) is 0 Å². The van der Waals surface area contributed by atoms with Gasteiger partial charge < -0.3 is 34.9 Å². The molecule has 0 bridgehead atoms. The summed E-state index contributed by atoms with van der Waals surface area (Å²) in [6.45, 7) is 0. The van der Waals surface area contributed by atoms with Gasteiger partial charge in [0, 0.05) is 38.7 Å². The Balaban J connectivity index is 1.25. The lowest BCUT2D eigenvalue weighted by Gasteiger charge is -2.17. The molecule has 1 heterocycles. The van der Waals surface area contributed by atoms with E-state index in [9.17, 15) is 14.4 Å². The topological polar surface area (TPSA) is 137 Å². The predicted octanol–water partition coefficient (Wildman–Crippen LogP) is 8.73. The van der Waals surface area contributed by atoms with Gasteiger partial charge in [-0.15, -0.1) is 23.1 Å². The molecule has 11 nitrogen and oxygen atoms in total. The zero-order valence-corrected chi connectivity index (χ0v) is 32.5. The van der Waals surface area contributed by atoms with E-state index >= 15 is 0 Å². The first kappa shape index (κ1) is 39.1. The molecule has 0 spiro atoms. The molecule has 0 saturated heterocycles. The number of nitrogens with zero attached hydrogens (tertiary/aromatic N) is 1. The van der Waals surface area contributed by atoms with Gasteiger partial charge in [0.15, 0.2) is 16.6 Å². The smallest absolute Gasteiger partial charge is 0.272 e. The zero-order valence-electron chi connectivity index (χ0n) is 30.9. The molecule has 0 aliphatic heterocycles. The number of rotatable bonds is 15. The van der Waals surface area contributed by atoms with E-state index in [-0.39, 0.29) is 11.6 Å². The molecule has 5 aromatic carbocycles. The molecule has 0 radical (unpaired) electrons. The fourth-order valence-electron chi connectivity index (χ4n) is 5.54. The van der Waals surface area contributed by atoms with Crippen LogP contribution in [-0.4, -0.2) is 51.1 Å². The highest BCUT2D eigenvalue weighted by Crippen LogP contribution is 2.39. The summed E-state index contributed by atoms with van der Waals surface area (Å²) in [5.41, 5.74) is 3.63. The first-order chi connectivity index (χ1) is 27.3. The van der Waals surface area contributed by atoms with Crippen LogP contribution in [0.5, 0.6) is 23.0 Å². The quantitative estimate of drug-likeness (QED) is 0.0690. The molecule has 13 heteroatoms. The summed E-state index contributed by atoms with van der Waals surface area (Å²) < 4.78 is 21.7. The highest BCUT2D eigenvalue weighted by molar-refractivity contribution is 8.00. The predicted molar refractivity (Wildman–Crippen MR) is 221 cm³/mol. The summed E-state index contributed by atoms with van der Waals surface area (Å²) >= 11 is 2.66. The van der Waals surface area contributed by atoms with Crippen molar-refractivity contribution in [1.82, 2.24) is 10.3 Å². The molecule has 56 heavy (non-hydrogen) atoms. The van der Waals surface area contributed by atoms with Crippen LogP contribution >= 0.6 is 23.1 Å². The van der Waals surface area contributed by atoms with Crippen molar-refractivity contribution in [2.75, 3.05) is 39.1 Å². The van der Waals surface area contributed by atoms with Crippen LogP contribution in [0, 0.1) is 0 Å². The van der Waals surface area contributed by atoms with Gasteiger partial charge in [-0.05, 0) is 72.3 Å². The average molecular weight is 787 g/mol. The monoisotopic (exact) mass is 786 g/mol. The number of carbonyl (C=O) groups excluding carboxylic acids is 3. The minimum atomic E-state index is -0.659. The Kier molecular flexibility index (Phi) is 13.0. The standard InChI is InChI=1S/C43H38N4O7S2/c1-51-32-20-18-27(19-21-32)35-26-55-43(46-35)47-42(50)39(28-12-7-5-8-13-28)56-33-17-11-16-31(24-33)44-41(49)34(45-40(48)29-14-9-6-10-15-29)22-30-23-37(53-3)38(54-4)25-36(30)52-2/h5-26,39H,1-4H3,(H,44,49)(H,45,48)(H,46,47,50)/b34-22+. The molecule has 1 atom stereocenters. The Hall–Kier alpha value is -6.57. The van der Waals surface area contributed by atoms with Crippen molar-refractivity contribution in [3.05, 3.63) is 149 Å². The van der Waals surface area contributed by atoms with E-state index in [0.717, 1.165) is 22.6 Å². The third kappa shape index (κ3) is 9.75. The molecule has 0 aliphatic rings. The summed E-state index contributed by atoms with van der Waals surface area (Å²) in [5, 5.41) is 10.4. The first-order valence-corrected chi connectivity index (χ1v) is 19.0. The SMILES string of the molecule is COc1ccc(-c2csc(NC(=O)C(Sc3cccc(NC(=O)/C(=C\c4cc(OC)c(OC)cc4OC)NC(=O)c4ccccc4)c3)c3ccccc3)n2)cc1. The molecule has 0 saturated carbocycles. The van der Waals surface area contributed by atoms with Gasteiger partial charge >= 0.3 is 0 Å². The average Bonchev–Trinajstić information content (AvgIpc) is 3.71. The number of hydrogen-bond donors (Lipinski definition) is 3. The number of amides is 3. The van der Waals surface area contributed by atoms with Crippen molar-refractivity contribution in [3.8, 4) is 34.3 Å². The van der Waals surface area contributed by atoms with Crippen molar-refractivity contribution in [2.24, 2.45) is 0 Å². The molecule has 0 fully saturated rings. The molecule has 0 aliphatic carbocycles. The maximum absolute atomic E-state index is 14.0. The Bertz CT molecular complexity index is 2330. The second-order valence-corrected chi connectivity index (χ2v) is 14.0. The number of thioether (sulfide) groups is 1. The van der Waals surface area contributed by atoms with E-state index in [1.165, 1.54) is 50.5 Å². The summed E-state index contributed by atoms with van der Waals surface area (Å²) in [6.07, 6.45) is 1.50. The second-order valence-electron chi connectivity index (χ2n) is 12.0. The van der Waals surface area contributed by atoms with Gasteiger partial charge in [-0.3, -0.25) is 14.4 Å². The molecular weight excluding hydrogens is 749 g/mol. The number of aromatic nitrogens is 1. The van der Waals surface area contributed by atoms with Crippen LogP contribution in [-0.2, 0) is 9.59 Å².